The second-order valence-corrected chi connectivity index (χ2v) is 11.5. The van der Waals surface area contributed by atoms with E-state index >= 15 is 0 Å². The number of carboxylic acid groups (broad SMARTS) is 1. The third-order valence-corrected chi connectivity index (χ3v) is 7.18. The predicted octanol–water partition coefficient (Wildman–Crippen LogP) is -1.80. The number of rotatable bonds is 31. The van der Waals surface area contributed by atoms with Gasteiger partial charge in [0.25, 0.3) is 11.8 Å². The van der Waals surface area contributed by atoms with E-state index in [2.05, 4.69) is 10.6 Å². The Morgan fingerprint density at radius 1 is 0.732 bits per heavy atom. The number of carbonyl (C=O) groups is 6. The fourth-order valence-electron chi connectivity index (χ4n) is 3.92. The van der Waals surface area contributed by atoms with Gasteiger partial charge in [-0.15, -0.1) is 0 Å². The van der Waals surface area contributed by atoms with E-state index in [0.717, 1.165) is 4.90 Å². The number of esters is 1. The molecule has 0 aromatic carbocycles. The number of nitrogens with zero attached hydrogens (tertiary/aromatic N) is 1. The maximum atomic E-state index is 11.6. The number of ether oxygens (including phenoxy) is 7. The van der Waals surface area contributed by atoms with Gasteiger partial charge in [0.05, 0.1) is 58.5 Å². The molecule has 326 valence electrons. The highest BCUT2D eigenvalue weighted by Crippen LogP contribution is 2.06. The summed E-state index contributed by atoms with van der Waals surface area (Å²) in [7, 11) is 2.86. The van der Waals surface area contributed by atoms with Crippen molar-refractivity contribution in [2.75, 3.05) is 93.3 Å². The molecular weight excluding hydrogens is 748 g/mol. The van der Waals surface area contributed by atoms with Gasteiger partial charge in [-0.05, 0) is 19.3 Å². The average molecular weight is 813 g/mol. The number of carboxylic acids is 1. The molecule has 0 spiro atoms. The number of carbonyl (C=O) groups excluding carboxylic acids is 5. The largest absolute Gasteiger partial charge is 0.481 e. The SMILES string of the molecule is CCC(CO)OC(CO)OC.CCC(CO)OC(COC(=O)CCCC(=O)O)OC.NCCNC(=O)CCOCCOCCNC(=O)CCN1C(=O)C=CC1=O. The normalized spacial score (nSPS) is 14.1. The van der Waals surface area contributed by atoms with Gasteiger partial charge in [0, 0.05) is 78.2 Å². The van der Waals surface area contributed by atoms with Crippen molar-refractivity contribution < 1.29 is 82.4 Å². The highest BCUT2D eigenvalue weighted by Gasteiger charge is 2.23. The summed E-state index contributed by atoms with van der Waals surface area (Å²) in [5.74, 6) is -2.61. The highest BCUT2D eigenvalue weighted by molar-refractivity contribution is 6.13. The molecule has 8 N–H and O–H groups in total. The molecule has 0 radical (unpaired) electrons. The zero-order chi connectivity index (χ0) is 42.6. The van der Waals surface area contributed by atoms with Gasteiger partial charge in [0.1, 0.15) is 6.61 Å². The first-order chi connectivity index (χ1) is 26.8. The van der Waals surface area contributed by atoms with Crippen LogP contribution in [0.25, 0.3) is 0 Å². The molecule has 4 unspecified atom stereocenters. The molecule has 4 atom stereocenters. The van der Waals surface area contributed by atoms with Crippen molar-refractivity contribution in [1.82, 2.24) is 15.5 Å². The van der Waals surface area contributed by atoms with Gasteiger partial charge in [-0.3, -0.25) is 33.7 Å². The minimum Gasteiger partial charge on any atom is -0.481 e. The van der Waals surface area contributed by atoms with E-state index in [1.807, 2.05) is 13.8 Å². The number of imide groups is 1. The topological polar surface area (TPSA) is 301 Å². The summed E-state index contributed by atoms with van der Waals surface area (Å²) < 4.78 is 35.6. The molecule has 1 aliphatic heterocycles. The summed E-state index contributed by atoms with van der Waals surface area (Å²) in [6, 6.07) is 0. The Bertz CT molecular complexity index is 1070. The van der Waals surface area contributed by atoms with Crippen LogP contribution in [0.4, 0.5) is 0 Å². The van der Waals surface area contributed by atoms with E-state index in [1.165, 1.54) is 26.4 Å². The fraction of sp³-hybridized carbons (Fsp3) is 0.771. The van der Waals surface area contributed by atoms with Crippen LogP contribution < -0.4 is 16.4 Å². The fourth-order valence-corrected chi connectivity index (χ4v) is 3.92. The van der Waals surface area contributed by atoms with Crippen molar-refractivity contribution in [3.63, 3.8) is 0 Å². The Labute approximate surface area is 328 Å². The lowest BCUT2D eigenvalue weighted by Crippen LogP contribution is -2.35. The molecule has 1 heterocycles. The molecule has 1 aliphatic rings. The minimum absolute atomic E-state index is 0.0416. The highest BCUT2D eigenvalue weighted by atomic mass is 16.7. The first-order valence-corrected chi connectivity index (χ1v) is 18.3. The van der Waals surface area contributed by atoms with Crippen LogP contribution in [0.1, 0.15) is 58.8 Å². The van der Waals surface area contributed by atoms with Gasteiger partial charge >= 0.3 is 11.9 Å². The number of nitrogens with one attached hydrogen (secondary N) is 2. The van der Waals surface area contributed by atoms with Gasteiger partial charge in [-0.25, -0.2) is 0 Å². The Morgan fingerprint density at radius 2 is 1.27 bits per heavy atom. The van der Waals surface area contributed by atoms with Crippen LogP contribution in [0.5, 0.6) is 0 Å². The zero-order valence-electron chi connectivity index (χ0n) is 33.0. The Hall–Kier alpha value is -3.64. The summed E-state index contributed by atoms with van der Waals surface area (Å²) in [4.78, 5) is 68.1. The summed E-state index contributed by atoms with van der Waals surface area (Å²) >= 11 is 0. The first-order valence-electron chi connectivity index (χ1n) is 18.3. The number of aliphatic carboxylic acids is 1. The number of hydrogen-bond acceptors (Lipinski definition) is 17. The number of aliphatic hydroxyl groups is 3. The standard InChI is InChI=1S/C16H26N4O6.C12H22O7.C7H16O4/c17-5-6-18-14(22)4-9-25-11-12-26-10-7-19-13(21)3-8-20-15(23)1-2-16(20)24;1-3-9(7-13)19-12(17-2)8-18-11(16)6-4-5-10(14)15;1-3-6(4-8)11-7(5-9)10-2/h1-2H,3-12,17H2,(H,18,22)(H,19,21);9,12-13H,3-8H2,1-2H3,(H,14,15);6-9H,3-5H2,1-2H3. The summed E-state index contributed by atoms with van der Waals surface area (Å²) in [5, 5.41) is 40.0. The molecule has 0 aliphatic carbocycles. The van der Waals surface area contributed by atoms with Crippen molar-refractivity contribution in [3.05, 3.63) is 12.2 Å². The maximum absolute atomic E-state index is 11.6. The van der Waals surface area contributed by atoms with Gasteiger partial charge in [0.2, 0.25) is 11.8 Å². The van der Waals surface area contributed by atoms with Crippen LogP contribution in [0, 0.1) is 0 Å². The number of nitrogens with two attached hydrogens (primary N) is 1. The smallest absolute Gasteiger partial charge is 0.305 e. The summed E-state index contributed by atoms with van der Waals surface area (Å²) in [6.07, 6.45) is 2.26. The molecule has 0 saturated carbocycles. The van der Waals surface area contributed by atoms with Gasteiger partial charge in [0.15, 0.2) is 12.6 Å². The van der Waals surface area contributed by atoms with Crippen molar-refractivity contribution in [2.24, 2.45) is 5.73 Å². The molecule has 1 rings (SSSR count). The van der Waals surface area contributed by atoms with Crippen molar-refractivity contribution in [3.8, 4) is 0 Å². The molecule has 0 aromatic heterocycles. The number of methoxy groups -OCH3 is 2. The van der Waals surface area contributed by atoms with Gasteiger partial charge in [-0.2, -0.15) is 0 Å². The molecule has 21 nitrogen and oxygen atoms in total. The van der Waals surface area contributed by atoms with Gasteiger partial charge < -0.3 is 70.0 Å². The molecular formula is C35H64N4O17. The third kappa shape index (κ3) is 30.6. The van der Waals surface area contributed by atoms with Crippen molar-refractivity contribution in [2.45, 2.75) is 83.6 Å². The maximum Gasteiger partial charge on any atom is 0.305 e. The van der Waals surface area contributed by atoms with E-state index < -0.39 is 36.3 Å². The van der Waals surface area contributed by atoms with Crippen LogP contribution in [-0.2, 0) is 61.9 Å². The van der Waals surface area contributed by atoms with Crippen LogP contribution in [0.2, 0.25) is 0 Å². The Morgan fingerprint density at radius 3 is 1.77 bits per heavy atom. The molecule has 21 heteroatoms. The number of aliphatic hydroxyl groups excluding tert-OH is 3. The van der Waals surface area contributed by atoms with Crippen LogP contribution in [-0.4, -0.2) is 179 Å². The van der Waals surface area contributed by atoms with E-state index in [-0.39, 0.29) is 89.1 Å². The molecule has 0 fully saturated rings. The lowest BCUT2D eigenvalue weighted by atomic mass is 10.2. The van der Waals surface area contributed by atoms with Crippen LogP contribution >= 0.6 is 0 Å². The third-order valence-electron chi connectivity index (χ3n) is 7.18. The molecule has 0 saturated heterocycles. The second-order valence-electron chi connectivity index (χ2n) is 11.5. The Kier molecular flexibility index (Phi) is 35.9. The van der Waals surface area contributed by atoms with Crippen molar-refractivity contribution >= 4 is 35.6 Å². The quantitative estimate of drug-likeness (QED) is 0.0176. The monoisotopic (exact) mass is 812 g/mol. The summed E-state index contributed by atoms with van der Waals surface area (Å²) in [5.41, 5.74) is 5.27. The number of hydrogen-bond donors (Lipinski definition) is 7. The molecule has 0 aromatic rings. The predicted molar refractivity (Wildman–Crippen MR) is 197 cm³/mol. The first kappa shape index (κ1) is 54.5. The van der Waals surface area contributed by atoms with Gasteiger partial charge in [-0.1, -0.05) is 13.8 Å². The Balaban J connectivity index is 0. The van der Waals surface area contributed by atoms with E-state index in [1.54, 1.807) is 0 Å². The number of amides is 4. The minimum atomic E-state index is -0.945. The average Bonchev–Trinajstić information content (AvgIpc) is 3.52. The lowest BCUT2D eigenvalue weighted by Gasteiger charge is -2.21. The molecule has 0 bridgehead atoms. The van der Waals surface area contributed by atoms with E-state index in [0.29, 0.717) is 58.9 Å². The molecule has 4 amide bonds. The van der Waals surface area contributed by atoms with E-state index in [9.17, 15) is 28.8 Å². The van der Waals surface area contributed by atoms with Crippen molar-refractivity contribution in [1.29, 1.82) is 0 Å². The second kappa shape index (κ2) is 37.0. The lowest BCUT2D eigenvalue weighted by molar-refractivity contribution is -0.194. The zero-order valence-corrected chi connectivity index (χ0v) is 33.0. The molecule has 56 heavy (non-hydrogen) atoms. The van der Waals surface area contributed by atoms with Crippen LogP contribution in [0.15, 0.2) is 12.2 Å². The van der Waals surface area contributed by atoms with Crippen LogP contribution in [0.3, 0.4) is 0 Å². The van der Waals surface area contributed by atoms with E-state index in [4.69, 9.17) is 59.3 Å². The summed E-state index contributed by atoms with van der Waals surface area (Å²) in [6.45, 7) is 5.85.